The molecule has 0 spiro atoms. The summed E-state index contributed by atoms with van der Waals surface area (Å²) in [7, 11) is 1.74. The molecule has 0 rings (SSSR count). The van der Waals surface area contributed by atoms with E-state index in [0.29, 0.717) is 13.1 Å². The van der Waals surface area contributed by atoms with Gasteiger partial charge in [0.05, 0.1) is 6.61 Å². The van der Waals surface area contributed by atoms with Gasteiger partial charge in [0.2, 0.25) is 0 Å². The van der Waals surface area contributed by atoms with E-state index in [1.165, 1.54) is 32.1 Å². The summed E-state index contributed by atoms with van der Waals surface area (Å²) < 4.78 is 9.56. The molecule has 0 fully saturated rings. The normalized spacial score (nSPS) is 10.1. The third-order valence-corrected chi connectivity index (χ3v) is 2.18. The highest BCUT2D eigenvalue weighted by atomic mass is 16.5. The van der Waals surface area contributed by atoms with Crippen molar-refractivity contribution in [3.8, 4) is 0 Å². The number of unbranched alkanes of at least 4 members (excludes halogenated alkanes) is 6. The lowest BCUT2D eigenvalue weighted by Crippen LogP contribution is -1.91. The van der Waals surface area contributed by atoms with Crippen molar-refractivity contribution in [2.75, 3.05) is 20.3 Å². The number of carbonyl (C=O) groups is 1. The minimum Gasteiger partial charge on any atom is -0.468 e. The molecule has 0 atom stereocenters. The Morgan fingerprint density at radius 3 is 1.86 bits per heavy atom. The molecule has 0 aromatic heterocycles. The Hall–Kier alpha value is -0.570. The molecule has 0 bridgehead atoms. The van der Waals surface area contributed by atoms with E-state index in [9.17, 15) is 4.79 Å². The lowest BCUT2D eigenvalue weighted by molar-refractivity contribution is -0.128. The fourth-order valence-electron chi connectivity index (χ4n) is 1.36. The van der Waals surface area contributed by atoms with Crippen LogP contribution >= 0.6 is 0 Å². The highest BCUT2D eigenvalue weighted by Gasteiger charge is 1.91. The number of rotatable bonds is 11. The first kappa shape index (κ1) is 13.4. The van der Waals surface area contributed by atoms with E-state index in [1.54, 1.807) is 7.11 Å². The third kappa shape index (κ3) is 11.4. The second kappa shape index (κ2) is 12.4. The van der Waals surface area contributed by atoms with Crippen LogP contribution < -0.4 is 0 Å². The second-order valence-electron chi connectivity index (χ2n) is 3.43. The van der Waals surface area contributed by atoms with Crippen molar-refractivity contribution in [1.82, 2.24) is 0 Å². The van der Waals surface area contributed by atoms with Gasteiger partial charge in [0, 0.05) is 13.7 Å². The van der Waals surface area contributed by atoms with Crippen molar-refractivity contribution in [3.63, 3.8) is 0 Å². The Balaban J connectivity index is 2.81. The molecule has 0 saturated carbocycles. The highest BCUT2D eigenvalue weighted by Crippen LogP contribution is 2.06. The Morgan fingerprint density at radius 1 is 0.857 bits per heavy atom. The van der Waals surface area contributed by atoms with E-state index in [0.717, 1.165) is 19.4 Å². The van der Waals surface area contributed by atoms with Gasteiger partial charge in [-0.3, -0.25) is 4.79 Å². The van der Waals surface area contributed by atoms with Crippen LogP contribution in [-0.4, -0.2) is 26.8 Å². The molecule has 0 radical (unpaired) electrons. The van der Waals surface area contributed by atoms with Gasteiger partial charge in [-0.05, 0) is 12.8 Å². The predicted molar refractivity (Wildman–Crippen MR) is 56.2 cm³/mol. The first-order valence-corrected chi connectivity index (χ1v) is 5.46. The SMILES string of the molecule is COCCCCCCCCCOC=O. The molecule has 0 N–H and O–H groups in total. The summed E-state index contributed by atoms with van der Waals surface area (Å²) in [5.74, 6) is 0. The lowest BCUT2D eigenvalue weighted by Gasteiger charge is -2.01. The monoisotopic (exact) mass is 202 g/mol. The molecule has 0 heterocycles. The van der Waals surface area contributed by atoms with Crippen LogP contribution in [0, 0.1) is 0 Å². The first-order valence-electron chi connectivity index (χ1n) is 5.46. The van der Waals surface area contributed by atoms with Crippen LogP contribution in [0.2, 0.25) is 0 Å². The summed E-state index contributed by atoms with van der Waals surface area (Å²) >= 11 is 0. The Bertz CT molecular complexity index is 115. The molecular formula is C11H22O3. The predicted octanol–water partition coefficient (Wildman–Crippen LogP) is 2.54. The first-order chi connectivity index (χ1) is 6.91. The highest BCUT2D eigenvalue weighted by molar-refractivity contribution is 5.36. The maximum Gasteiger partial charge on any atom is 0.293 e. The van der Waals surface area contributed by atoms with Gasteiger partial charge in [0.15, 0.2) is 0 Å². The summed E-state index contributed by atoms with van der Waals surface area (Å²) in [6.07, 6.45) is 8.41. The molecule has 0 aromatic carbocycles. The van der Waals surface area contributed by atoms with E-state index in [1.807, 2.05) is 0 Å². The van der Waals surface area contributed by atoms with Gasteiger partial charge in [-0.25, -0.2) is 0 Å². The van der Waals surface area contributed by atoms with Gasteiger partial charge in [-0.15, -0.1) is 0 Å². The van der Waals surface area contributed by atoms with Crippen molar-refractivity contribution in [2.24, 2.45) is 0 Å². The average molecular weight is 202 g/mol. The smallest absolute Gasteiger partial charge is 0.293 e. The van der Waals surface area contributed by atoms with Crippen molar-refractivity contribution in [2.45, 2.75) is 44.9 Å². The lowest BCUT2D eigenvalue weighted by atomic mass is 10.1. The molecule has 0 saturated heterocycles. The maximum atomic E-state index is 9.81. The van der Waals surface area contributed by atoms with Gasteiger partial charge < -0.3 is 9.47 Å². The molecule has 0 aromatic rings. The van der Waals surface area contributed by atoms with Crippen LogP contribution in [0.1, 0.15) is 44.9 Å². The number of carbonyl (C=O) groups excluding carboxylic acids is 1. The maximum absolute atomic E-state index is 9.81. The number of hydrogen-bond donors (Lipinski definition) is 0. The molecule has 0 aliphatic rings. The van der Waals surface area contributed by atoms with Crippen LogP contribution in [-0.2, 0) is 14.3 Å². The minimum atomic E-state index is 0.519. The van der Waals surface area contributed by atoms with E-state index in [4.69, 9.17) is 4.74 Å². The van der Waals surface area contributed by atoms with Crippen molar-refractivity contribution in [1.29, 1.82) is 0 Å². The van der Waals surface area contributed by atoms with Crippen LogP contribution in [0.4, 0.5) is 0 Å². The van der Waals surface area contributed by atoms with Gasteiger partial charge in [-0.2, -0.15) is 0 Å². The fourth-order valence-corrected chi connectivity index (χ4v) is 1.36. The van der Waals surface area contributed by atoms with Gasteiger partial charge in [0.25, 0.3) is 6.47 Å². The van der Waals surface area contributed by atoms with E-state index in [-0.39, 0.29) is 0 Å². The van der Waals surface area contributed by atoms with Crippen molar-refractivity contribution >= 4 is 6.47 Å². The van der Waals surface area contributed by atoms with Gasteiger partial charge >= 0.3 is 0 Å². The van der Waals surface area contributed by atoms with E-state index < -0.39 is 0 Å². The summed E-state index contributed by atoms with van der Waals surface area (Å²) in [6.45, 7) is 1.98. The summed E-state index contributed by atoms with van der Waals surface area (Å²) in [5.41, 5.74) is 0. The molecule has 0 aliphatic heterocycles. The Kier molecular flexibility index (Phi) is 11.9. The summed E-state index contributed by atoms with van der Waals surface area (Å²) in [6, 6.07) is 0. The van der Waals surface area contributed by atoms with E-state index >= 15 is 0 Å². The van der Waals surface area contributed by atoms with E-state index in [2.05, 4.69) is 4.74 Å². The number of methoxy groups -OCH3 is 1. The molecular weight excluding hydrogens is 180 g/mol. The zero-order valence-corrected chi connectivity index (χ0v) is 9.17. The Morgan fingerprint density at radius 2 is 1.36 bits per heavy atom. The van der Waals surface area contributed by atoms with Crippen LogP contribution in [0.25, 0.3) is 0 Å². The van der Waals surface area contributed by atoms with Crippen LogP contribution in [0.5, 0.6) is 0 Å². The molecule has 3 heteroatoms. The largest absolute Gasteiger partial charge is 0.468 e. The minimum absolute atomic E-state index is 0.519. The quantitative estimate of drug-likeness (QED) is 0.381. The van der Waals surface area contributed by atoms with Gasteiger partial charge in [-0.1, -0.05) is 32.1 Å². The zero-order valence-electron chi connectivity index (χ0n) is 9.17. The fraction of sp³-hybridized carbons (Fsp3) is 0.909. The summed E-state index contributed by atoms with van der Waals surface area (Å²) in [5, 5.41) is 0. The molecule has 3 nitrogen and oxygen atoms in total. The van der Waals surface area contributed by atoms with Crippen LogP contribution in [0.15, 0.2) is 0 Å². The Labute approximate surface area is 86.8 Å². The van der Waals surface area contributed by atoms with Gasteiger partial charge in [0.1, 0.15) is 0 Å². The number of ether oxygens (including phenoxy) is 2. The second-order valence-corrected chi connectivity index (χ2v) is 3.43. The van der Waals surface area contributed by atoms with Crippen molar-refractivity contribution < 1.29 is 14.3 Å². The third-order valence-electron chi connectivity index (χ3n) is 2.18. The molecule has 0 unspecified atom stereocenters. The average Bonchev–Trinajstić information content (AvgIpc) is 2.21. The molecule has 14 heavy (non-hydrogen) atoms. The molecule has 0 aliphatic carbocycles. The molecule has 0 amide bonds. The van der Waals surface area contributed by atoms with Crippen LogP contribution in [0.3, 0.4) is 0 Å². The summed E-state index contributed by atoms with van der Waals surface area (Å²) in [4.78, 5) is 9.81. The zero-order chi connectivity index (χ0) is 10.5. The topological polar surface area (TPSA) is 35.5 Å². The standard InChI is InChI=1S/C11H22O3/c1-13-9-7-5-3-2-4-6-8-10-14-11-12/h11H,2-10H2,1H3. The number of hydrogen-bond acceptors (Lipinski definition) is 3. The van der Waals surface area contributed by atoms with Crippen molar-refractivity contribution in [3.05, 3.63) is 0 Å². The molecule has 84 valence electrons.